The molecule has 3 amide bonds. The fraction of sp³-hybridized carbons (Fsp3) is 0.333. The van der Waals surface area contributed by atoms with E-state index >= 15 is 0 Å². The molecule has 7 nitrogen and oxygen atoms in total. The number of alkyl halides is 3. The number of anilines is 1. The summed E-state index contributed by atoms with van der Waals surface area (Å²) in [4.78, 5) is 41.3. The molecule has 11 heteroatoms. The van der Waals surface area contributed by atoms with Crippen LogP contribution in [0.3, 0.4) is 0 Å². The molecule has 1 aliphatic heterocycles. The van der Waals surface area contributed by atoms with Gasteiger partial charge in [0.15, 0.2) is 0 Å². The van der Waals surface area contributed by atoms with Gasteiger partial charge in [0.1, 0.15) is 17.9 Å². The van der Waals surface area contributed by atoms with Gasteiger partial charge < -0.3 is 10.2 Å². The van der Waals surface area contributed by atoms with Crippen molar-refractivity contribution < 1.29 is 31.9 Å². The number of piperazine rings is 1. The number of hydrogen-bond acceptors (Lipinski definition) is 4. The number of hydrogen-bond donors (Lipinski definition) is 1. The highest BCUT2D eigenvalue weighted by molar-refractivity contribution is 6.10. The van der Waals surface area contributed by atoms with Crippen molar-refractivity contribution in [2.45, 2.75) is 31.1 Å². The Hall–Kier alpha value is -3.94. The van der Waals surface area contributed by atoms with Crippen molar-refractivity contribution in [2.75, 3.05) is 18.5 Å². The van der Waals surface area contributed by atoms with Crippen LogP contribution >= 0.6 is 0 Å². The molecular weight excluding hydrogens is 468 g/mol. The standard InChI is InChI=1S/C24H20F4N4O3/c1-30-21(34)16-9-23(10-16)22(35)31(19-7-4-15(11-29)8-18(19)25)13-20(33)32(23)12-14-2-5-17(6-3-14)24(26,27)28/h2-8,16H,9-10,12-13H2,1H3,(H,30,34)/t16-,23-. The van der Waals surface area contributed by atoms with Crippen LogP contribution in [0.1, 0.15) is 29.5 Å². The minimum Gasteiger partial charge on any atom is -0.359 e. The van der Waals surface area contributed by atoms with Crippen LogP contribution in [-0.4, -0.2) is 41.8 Å². The Morgan fingerprint density at radius 2 is 1.83 bits per heavy atom. The second-order valence-electron chi connectivity index (χ2n) is 8.59. The van der Waals surface area contributed by atoms with E-state index in [0.717, 1.165) is 23.1 Å². The lowest BCUT2D eigenvalue weighted by molar-refractivity contribution is -0.165. The topological polar surface area (TPSA) is 93.5 Å². The van der Waals surface area contributed by atoms with Crippen LogP contribution in [0, 0.1) is 23.1 Å². The molecule has 2 aromatic carbocycles. The third-order valence-corrected chi connectivity index (χ3v) is 6.53. The largest absolute Gasteiger partial charge is 0.416 e. The minimum atomic E-state index is -4.52. The first kappa shape index (κ1) is 24.2. The number of benzene rings is 2. The molecule has 0 aromatic heterocycles. The first-order chi connectivity index (χ1) is 16.5. The van der Waals surface area contributed by atoms with Crippen molar-refractivity contribution in [3.8, 4) is 6.07 Å². The summed E-state index contributed by atoms with van der Waals surface area (Å²) in [6.07, 6.45) is -4.53. The minimum absolute atomic E-state index is 0.00766. The van der Waals surface area contributed by atoms with E-state index in [0.29, 0.717) is 5.56 Å². The number of halogens is 4. The first-order valence-corrected chi connectivity index (χ1v) is 10.7. The molecule has 0 bridgehead atoms. The molecule has 1 heterocycles. The van der Waals surface area contributed by atoms with Crippen molar-refractivity contribution in [1.29, 1.82) is 5.26 Å². The van der Waals surface area contributed by atoms with E-state index < -0.39 is 47.4 Å². The highest BCUT2D eigenvalue weighted by atomic mass is 19.4. The molecular formula is C24H20F4N4O3. The molecule has 1 aliphatic carbocycles. The smallest absolute Gasteiger partial charge is 0.359 e. The second kappa shape index (κ2) is 8.69. The van der Waals surface area contributed by atoms with Gasteiger partial charge in [-0.1, -0.05) is 12.1 Å². The van der Waals surface area contributed by atoms with Crippen LogP contribution in [0.15, 0.2) is 42.5 Å². The number of carbonyl (C=O) groups is 3. The zero-order valence-corrected chi connectivity index (χ0v) is 18.5. The van der Waals surface area contributed by atoms with Crippen LogP contribution in [0.25, 0.3) is 0 Å². The molecule has 1 saturated heterocycles. The summed E-state index contributed by atoms with van der Waals surface area (Å²) in [6, 6.07) is 9.58. The van der Waals surface area contributed by atoms with E-state index in [4.69, 9.17) is 5.26 Å². The van der Waals surface area contributed by atoms with Gasteiger partial charge in [-0.2, -0.15) is 18.4 Å². The Labute approximate surface area is 197 Å². The Kier molecular flexibility index (Phi) is 6.00. The van der Waals surface area contributed by atoms with Gasteiger partial charge in [0.25, 0.3) is 5.91 Å². The normalized spacial score (nSPS) is 22.1. The monoisotopic (exact) mass is 488 g/mol. The number of carbonyl (C=O) groups excluding carboxylic acids is 3. The predicted molar refractivity (Wildman–Crippen MR) is 115 cm³/mol. The Morgan fingerprint density at radius 1 is 1.17 bits per heavy atom. The van der Waals surface area contributed by atoms with E-state index in [-0.39, 0.29) is 36.5 Å². The molecule has 2 fully saturated rings. The van der Waals surface area contributed by atoms with Gasteiger partial charge in [-0.15, -0.1) is 0 Å². The molecule has 2 aromatic rings. The van der Waals surface area contributed by atoms with E-state index in [1.165, 1.54) is 36.2 Å². The zero-order valence-electron chi connectivity index (χ0n) is 18.5. The molecule has 182 valence electrons. The summed E-state index contributed by atoms with van der Waals surface area (Å²) in [5, 5.41) is 11.5. The molecule has 0 atom stereocenters. The maximum atomic E-state index is 14.7. The molecule has 0 radical (unpaired) electrons. The van der Waals surface area contributed by atoms with Crippen molar-refractivity contribution in [3.05, 3.63) is 65.0 Å². The average Bonchev–Trinajstić information content (AvgIpc) is 2.79. The fourth-order valence-corrected chi connectivity index (χ4v) is 4.65. The zero-order chi connectivity index (χ0) is 25.5. The van der Waals surface area contributed by atoms with Crippen LogP contribution in [-0.2, 0) is 27.1 Å². The van der Waals surface area contributed by atoms with Crippen LogP contribution in [0.5, 0.6) is 0 Å². The lowest BCUT2D eigenvalue weighted by Crippen LogP contribution is -2.73. The highest BCUT2D eigenvalue weighted by Crippen LogP contribution is 2.47. The van der Waals surface area contributed by atoms with E-state index in [2.05, 4.69) is 5.32 Å². The first-order valence-electron chi connectivity index (χ1n) is 10.7. The van der Waals surface area contributed by atoms with Crippen LogP contribution in [0.4, 0.5) is 23.2 Å². The van der Waals surface area contributed by atoms with Gasteiger partial charge in [0.05, 0.1) is 22.9 Å². The Balaban J connectivity index is 1.67. The van der Waals surface area contributed by atoms with Crippen LogP contribution in [0.2, 0.25) is 0 Å². The number of amides is 3. The molecule has 1 N–H and O–H groups in total. The average molecular weight is 488 g/mol. The van der Waals surface area contributed by atoms with Gasteiger partial charge in [-0.3, -0.25) is 19.3 Å². The van der Waals surface area contributed by atoms with Gasteiger partial charge in [-0.25, -0.2) is 4.39 Å². The van der Waals surface area contributed by atoms with Crippen molar-refractivity contribution in [2.24, 2.45) is 5.92 Å². The van der Waals surface area contributed by atoms with Crippen LogP contribution < -0.4 is 10.2 Å². The lowest BCUT2D eigenvalue weighted by atomic mass is 9.64. The summed E-state index contributed by atoms with van der Waals surface area (Å²) in [7, 11) is 1.44. The third-order valence-electron chi connectivity index (χ3n) is 6.53. The quantitative estimate of drug-likeness (QED) is 0.670. The summed E-state index contributed by atoms with van der Waals surface area (Å²) < 4.78 is 53.4. The third kappa shape index (κ3) is 4.20. The number of nitriles is 1. The Bertz CT molecular complexity index is 1230. The van der Waals surface area contributed by atoms with Crippen molar-refractivity contribution in [1.82, 2.24) is 10.2 Å². The predicted octanol–water partition coefficient (Wildman–Crippen LogP) is 2.99. The summed E-state index contributed by atoms with van der Waals surface area (Å²) in [5.74, 6) is -2.85. The van der Waals surface area contributed by atoms with Crippen molar-refractivity contribution in [3.63, 3.8) is 0 Å². The maximum Gasteiger partial charge on any atom is 0.416 e. The molecule has 2 aliphatic rings. The molecule has 35 heavy (non-hydrogen) atoms. The molecule has 0 unspecified atom stereocenters. The highest BCUT2D eigenvalue weighted by Gasteiger charge is 2.61. The molecule has 1 saturated carbocycles. The Morgan fingerprint density at radius 3 is 2.37 bits per heavy atom. The summed E-state index contributed by atoms with van der Waals surface area (Å²) in [6.45, 7) is -0.637. The molecule has 1 spiro atoms. The maximum absolute atomic E-state index is 14.7. The number of rotatable bonds is 4. The second-order valence-corrected chi connectivity index (χ2v) is 8.59. The number of nitrogens with zero attached hydrogens (tertiary/aromatic N) is 3. The SMILES string of the molecule is CNC(=O)[C@H]1C[C@]2(C1)C(=O)N(c1ccc(C#N)cc1F)CC(=O)N2Cc1ccc(C(F)(F)F)cc1. The number of nitrogens with one attached hydrogen (secondary N) is 1. The van der Waals surface area contributed by atoms with E-state index in [9.17, 15) is 31.9 Å². The van der Waals surface area contributed by atoms with E-state index in [1.807, 2.05) is 0 Å². The van der Waals surface area contributed by atoms with Gasteiger partial charge in [0, 0.05) is 19.5 Å². The fourth-order valence-electron chi connectivity index (χ4n) is 4.65. The summed E-state index contributed by atoms with van der Waals surface area (Å²) >= 11 is 0. The summed E-state index contributed by atoms with van der Waals surface area (Å²) in [5.41, 5.74) is -2.04. The molecule has 4 rings (SSSR count). The van der Waals surface area contributed by atoms with Gasteiger partial charge in [-0.05, 0) is 48.7 Å². The van der Waals surface area contributed by atoms with Gasteiger partial charge in [0.2, 0.25) is 11.8 Å². The van der Waals surface area contributed by atoms with Crippen molar-refractivity contribution >= 4 is 23.4 Å². The van der Waals surface area contributed by atoms with Gasteiger partial charge >= 0.3 is 6.18 Å². The van der Waals surface area contributed by atoms with E-state index in [1.54, 1.807) is 6.07 Å². The lowest BCUT2D eigenvalue weighted by Gasteiger charge is -2.56.